The Morgan fingerprint density at radius 3 is 1.35 bits per heavy atom. The monoisotopic (exact) mass is 390 g/mol. The molecule has 0 heterocycles. The average molecular weight is 391 g/mol. The van der Waals surface area contributed by atoms with Gasteiger partial charge in [0.1, 0.15) is 0 Å². The van der Waals surface area contributed by atoms with Crippen molar-refractivity contribution in [1.29, 1.82) is 0 Å². The first-order valence-electron chi connectivity index (χ1n) is 8.51. The van der Waals surface area contributed by atoms with Gasteiger partial charge in [0.05, 0.1) is 10.1 Å². The van der Waals surface area contributed by atoms with Crippen LogP contribution in [-0.2, 0) is 9.59 Å². The van der Waals surface area contributed by atoms with Crippen molar-refractivity contribution in [3.8, 4) is 0 Å². The fourth-order valence-electron chi connectivity index (χ4n) is 2.73. The Hall–Kier alpha value is -1.64. The molecule has 0 aromatic rings. The second-order valence-electron chi connectivity index (χ2n) is 8.59. The maximum Gasteiger partial charge on any atom is 0.215 e. The molecular weight excluding hydrogens is 367 g/mol. The fourth-order valence-corrected chi connectivity index (χ4v) is 3.23. The molecule has 0 saturated carbocycles. The summed E-state index contributed by atoms with van der Waals surface area (Å²) < 4.78 is 0. The predicted molar refractivity (Wildman–Crippen MR) is 109 cm³/mol. The lowest BCUT2D eigenvalue weighted by molar-refractivity contribution is -0.114. The highest BCUT2D eigenvalue weighted by Gasteiger charge is 2.33. The molecule has 2 nitrogen and oxygen atoms in total. The predicted octanol–water partition coefficient (Wildman–Crippen LogP) is 6.20. The van der Waals surface area contributed by atoms with Gasteiger partial charge in [0.2, 0.25) is 5.78 Å². The molecule has 0 bridgehead atoms. The van der Waals surface area contributed by atoms with Crippen LogP contribution in [0.2, 0.25) is 0 Å². The summed E-state index contributed by atoms with van der Waals surface area (Å²) in [4.78, 5) is 24.5. The standard InChI is InChI=1S/C22H24Cl2O2/c1-21(2,3)15-9-13(10-16(19(15)25)22(4,5)6)7-8-14-11-17(23)20(26)18(24)12-14/h7-12H,1-6H3. The molecule has 0 amide bonds. The van der Waals surface area contributed by atoms with Crippen LogP contribution in [0.5, 0.6) is 0 Å². The minimum atomic E-state index is -0.369. The first-order valence-corrected chi connectivity index (χ1v) is 9.26. The van der Waals surface area contributed by atoms with Gasteiger partial charge in [0.25, 0.3) is 0 Å². The Balaban J connectivity index is 2.52. The van der Waals surface area contributed by atoms with Crippen LogP contribution in [0.4, 0.5) is 0 Å². The van der Waals surface area contributed by atoms with Crippen molar-refractivity contribution < 1.29 is 9.59 Å². The second kappa shape index (κ2) is 7.17. The Morgan fingerprint density at radius 1 is 0.654 bits per heavy atom. The highest BCUT2D eigenvalue weighted by atomic mass is 35.5. The fraction of sp³-hybridized carbons (Fsp3) is 0.364. The van der Waals surface area contributed by atoms with Crippen LogP contribution in [-0.4, -0.2) is 11.6 Å². The van der Waals surface area contributed by atoms with E-state index in [9.17, 15) is 9.59 Å². The van der Waals surface area contributed by atoms with Crippen molar-refractivity contribution in [2.45, 2.75) is 41.5 Å². The smallest absolute Gasteiger partial charge is 0.215 e. The number of halogens is 2. The van der Waals surface area contributed by atoms with Gasteiger partial charge in [0.15, 0.2) is 5.78 Å². The van der Waals surface area contributed by atoms with Crippen LogP contribution in [0.1, 0.15) is 41.5 Å². The number of carbonyl (C=O) groups is 2. The summed E-state index contributed by atoms with van der Waals surface area (Å²) in [5, 5.41) is 0.190. The average Bonchev–Trinajstić information content (AvgIpc) is 2.49. The van der Waals surface area contributed by atoms with E-state index < -0.39 is 0 Å². The van der Waals surface area contributed by atoms with E-state index in [1.807, 2.05) is 65.8 Å². The minimum Gasteiger partial charge on any atom is -0.289 e. The molecule has 2 rings (SSSR count). The van der Waals surface area contributed by atoms with E-state index in [0.29, 0.717) is 0 Å². The Kier molecular flexibility index (Phi) is 5.70. The van der Waals surface area contributed by atoms with E-state index >= 15 is 0 Å². The van der Waals surface area contributed by atoms with Crippen LogP contribution >= 0.6 is 23.2 Å². The van der Waals surface area contributed by atoms with Gasteiger partial charge in [-0.25, -0.2) is 0 Å². The second-order valence-corrected chi connectivity index (χ2v) is 9.41. The maximum atomic E-state index is 12.9. The van der Waals surface area contributed by atoms with Crippen LogP contribution < -0.4 is 0 Å². The van der Waals surface area contributed by atoms with Gasteiger partial charge < -0.3 is 0 Å². The van der Waals surface area contributed by atoms with Crippen molar-refractivity contribution in [2.24, 2.45) is 10.8 Å². The first kappa shape index (κ1) is 20.7. The molecule has 0 aliphatic heterocycles. The minimum absolute atomic E-state index is 0.0952. The Labute approximate surface area is 165 Å². The molecule has 0 spiro atoms. The van der Waals surface area contributed by atoms with Crippen LogP contribution in [0.25, 0.3) is 0 Å². The molecule has 0 unspecified atom stereocenters. The molecular formula is C22H24Cl2O2. The maximum absolute atomic E-state index is 12.9. The van der Waals surface area contributed by atoms with E-state index in [0.717, 1.165) is 22.3 Å². The van der Waals surface area contributed by atoms with Crippen molar-refractivity contribution in [3.63, 3.8) is 0 Å². The Morgan fingerprint density at radius 2 is 1.00 bits per heavy atom. The first-order chi connectivity index (χ1) is 11.8. The van der Waals surface area contributed by atoms with Gasteiger partial charge >= 0.3 is 0 Å². The summed E-state index contributed by atoms with van der Waals surface area (Å²) in [5.41, 5.74) is 2.74. The quantitative estimate of drug-likeness (QED) is 0.534. The van der Waals surface area contributed by atoms with Crippen molar-refractivity contribution in [3.05, 3.63) is 68.8 Å². The molecule has 4 heteroatoms. The van der Waals surface area contributed by atoms with E-state index in [-0.39, 0.29) is 32.5 Å². The number of ketones is 2. The number of rotatable bonds is 1. The highest BCUT2D eigenvalue weighted by molar-refractivity contribution is 6.55. The van der Waals surface area contributed by atoms with Gasteiger partial charge in [-0.1, -0.05) is 76.9 Å². The molecule has 138 valence electrons. The van der Waals surface area contributed by atoms with Crippen LogP contribution in [0.3, 0.4) is 0 Å². The molecule has 0 N–H and O–H groups in total. The Bertz CT molecular complexity index is 786. The van der Waals surface area contributed by atoms with E-state index in [1.165, 1.54) is 0 Å². The molecule has 0 saturated heterocycles. The summed E-state index contributed by atoms with van der Waals surface area (Å²) in [6.07, 6.45) is 10.8. The third-order valence-corrected chi connectivity index (χ3v) is 4.78. The summed E-state index contributed by atoms with van der Waals surface area (Å²) in [6, 6.07) is 0. The van der Waals surface area contributed by atoms with Crippen LogP contribution in [0.15, 0.2) is 68.8 Å². The van der Waals surface area contributed by atoms with Crippen LogP contribution in [0, 0.1) is 10.8 Å². The summed E-state index contributed by atoms with van der Waals surface area (Å²) in [5.74, 6) is -0.268. The molecule has 0 fully saturated rings. The summed E-state index contributed by atoms with van der Waals surface area (Å²) >= 11 is 11.8. The lowest BCUT2D eigenvalue weighted by Crippen LogP contribution is -2.27. The van der Waals surface area contributed by atoms with Gasteiger partial charge in [-0.2, -0.15) is 0 Å². The molecule has 0 aromatic heterocycles. The van der Waals surface area contributed by atoms with Crippen molar-refractivity contribution in [2.75, 3.05) is 0 Å². The van der Waals surface area contributed by atoms with Gasteiger partial charge in [-0.05, 0) is 46.3 Å². The summed E-state index contributed by atoms with van der Waals surface area (Å²) in [7, 11) is 0. The molecule has 0 aromatic carbocycles. The van der Waals surface area contributed by atoms with E-state index in [2.05, 4.69) is 0 Å². The largest absolute Gasteiger partial charge is 0.289 e. The zero-order chi connectivity index (χ0) is 19.9. The van der Waals surface area contributed by atoms with Crippen molar-refractivity contribution in [1.82, 2.24) is 0 Å². The van der Waals surface area contributed by atoms with Gasteiger partial charge in [0, 0.05) is 11.1 Å². The molecule has 2 aliphatic rings. The number of hydrogen-bond donors (Lipinski definition) is 0. The number of allylic oxidation sites excluding steroid dienone is 12. The third kappa shape index (κ3) is 4.55. The van der Waals surface area contributed by atoms with E-state index in [1.54, 1.807) is 12.2 Å². The summed E-state index contributed by atoms with van der Waals surface area (Å²) in [6.45, 7) is 12.2. The lowest BCUT2D eigenvalue weighted by atomic mass is 9.72. The molecule has 2 aliphatic carbocycles. The van der Waals surface area contributed by atoms with Gasteiger partial charge in [-0.3, -0.25) is 9.59 Å². The third-order valence-electron chi connectivity index (χ3n) is 4.22. The zero-order valence-electron chi connectivity index (χ0n) is 16.0. The topological polar surface area (TPSA) is 34.1 Å². The number of hydrogen-bond acceptors (Lipinski definition) is 2. The van der Waals surface area contributed by atoms with Gasteiger partial charge in [-0.15, -0.1) is 0 Å². The molecule has 0 atom stereocenters. The highest BCUT2D eigenvalue weighted by Crippen LogP contribution is 2.39. The molecule has 26 heavy (non-hydrogen) atoms. The SMILES string of the molecule is CC(C)(C)C1=CC(=CC=C2C=C(Cl)C(=O)C(Cl)=C2)C=C(C(C)(C)C)C1=O. The number of Topliss-reactive ketones (excluding diaryl/α,β-unsaturated/α-hetero) is 2. The molecule has 0 radical (unpaired) electrons. The number of carbonyl (C=O) groups excluding carboxylic acids is 2. The van der Waals surface area contributed by atoms with Crippen molar-refractivity contribution >= 4 is 34.8 Å². The normalized spacial score (nSPS) is 18.9. The van der Waals surface area contributed by atoms with E-state index in [4.69, 9.17) is 23.2 Å². The zero-order valence-corrected chi connectivity index (χ0v) is 17.5. The lowest BCUT2D eigenvalue weighted by Gasteiger charge is -2.31.